The van der Waals surface area contributed by atoms with Crippen molar-refractivity contribution < 1.29 is 8.78 Å². The fourth-order valence-electron chi connectivity index (χ4n) is 2.89. The van der Waals surface area contributed by atoms with E-state index in [0.29, 0.717) is 27.9 Å². The van der Waals surface area contributed by atoms with Crippen LogP contribution in [0.2, 0.25) is 5.02 Å². The Labute approximate surface area is 151 Å². The Morgan fingerprint density at radius 3 is 2.56 bits per heavy atom. The van der Waals surface area contributed by atoms with E-state index < -0.39 is 11.6 Å². The van der Waals surface area contributed by atoms with E-state index in [1.807, 2.05) is 0 Å². The standard InChI is InChI=1S/C17H10Cl2F2N4/c18-7-14-23-24-15-8-22-17(16-11(20)2-1-3-12(16)21)10-6-9(19)4-5-13(10)25(14)15/h1-6H,7-8H2. The Morgan fingerprint density at radius 1 is 1.08 bits per heavy atom. The minimum atomic E-state index is -0.695. The highest BCUT2D eigenvalue weighted by Crippen LogP contribution is 2.30. The molecule has 1 aromatic heterocycles. The van der Waals surface area contributed by atoms with Gasteiger partial charge in [-0.1, -0.05) is 17.7 Å². The molecule has 0 saturated heterocycles. The molecular weight excluding hydrogens is 369 g/mol. The molecule has 0 amide bonds. The SMILES string of the molecule is Fc1cccc(F)c1C1=NCc2nnc(CCl)n2-c2ccc(Cl)cc21. The van der Waals surface area contributed by atoms with Gasteiger partial charge in [0.1, 0.15) is 18.2 Å². The summed E-state index contributed by atoms with van der Waals surface area (Å²) < 4.78 is 30.4. The lowest BCUT2D eigenvalue weighted by Gasteiger charge is -2.14. The maximum absolute atomic E-state index is 14.4. The van der Waals surface area contributed by atoms with Crippen molar-refractivity contribution in [3.63, 3.8) is 0 Å². The van der Waals surface area contributed by atoms with Crippen molar-refractivity contribution in [2.75, 3.05) is 0 Å². The van der Waals surface area contributed by atoms with Crippen molar-refractivity contribution in [3.05, 3.63) is 75.8 Å². The third kappa shape index (κ3) is 2.62. The van der Waals surface area contributed by atoms with Gasteiger partial charge >= 0.3 is 0 Å². The van der Waals surface area contributed by atoms with Crippen LogP contribution in [-0.2, 0) is 12.4 Å². The molecule has 3 aromatic rings. The zero-order valence-corrected chi connectivity index (χ0v) is 14.2. The van der Waals surface area contributed by atoms with Crippen LogP contribution in [-0.4, -0.2) is 20.5 Å². The van der Waals surface area contributed by atoms with Crippen molar-refractivity contribution in [2.45, 2.75) is 12.4 Å². The van der Waals surface area contributed by atoms with Crippen LogP contribution in [0.3, 0.4) is 0 Å². The summed E-state index contributed by atoms with van der Waals surface area (Å²) >= 11 is 12.1. The van der Waals surface area contributed by atoms with Gasteiger partial charge in [-0.25, -0.2) is 8.78 Å². The van der Waals surface area contributed by atoms with Crippen molar-refractivity contribution >= 4 is 28.9 Å². The van der Waals surface area contributed by atoms with Gasteiger partial charge in [-0.15, -0.1) is 21.8 Å². The average molecular weight is 379 g/mol. The summed E-state index contributed by atoms with van der Waals surface area (Å²) in [6.07, 6.45) is 0. The van der Waals surface area contributed by atoms with Crippen molar-refractivity contribution in [1.29, 1.82) is 0 Å². The van der Waals surface area contributed by atoms with Crippen molar-refractivity contribution in [3.8, 4) is 5.69 Å². The van der Waals surface area contributed by atoms with E-state index in [4.69, 9.17) is 23.2 Å². The van der Waals surface area contributed by atoms with Gasteiger partial charge in [0.25, 0.3) is 0 Å². The molecule has 0 fully saturated rings. The van der Waals surface area contributed by atoms with Gasteiger partial charge in [-0.05, 0) is 30.3 Å². The fraction of sp³-hybridized carbons (Fsp3) is 0.118. The Bertz CT molecular complexity index is 994. The molecule has 0 radical (unpaired) electrons. The van der Waals surface area contributed by atoms with Crippen LogP contribution in [0.15, 0.2) is 41.4 Å². The Kier molecular flexibility index (Phi) is 4.01. The zero-order valence-electron chi connectivity index (χ0n) is 12.7. The molecule has 2 heterocycles. The van der Waals surface area contributed by atoms with Crippen LogP contribution in [0, 0.1) is 11.6 Å². The Hall–Kier alpha value is -2.31. The molecule has 0 bridgehead atoms. The lowest BCUT2D eigenvalue weighted by molar-refractivity contribution is 0.579. The third-order valence-electron chi connectivity index (χ3n) is 3.95. The first-order valence-corrected chi connectivity index (χ1v) is 8.29. The van der Waals surface area contributed by atoms with E-state index in [0.717, 1.165) is 0 Å². The lowest BCUT2D eigenvalue weighted by Crippen LogP contribution is -2.12. The zero-order chi connectivity index (χ0) is 17.6. The van der Waals surface area contributed by atoms with E-state index in [2.05, 4.69) is 15.2 Å². The van der Waals surface area contributed by atoms with Crippen molar-refractivity contribution in [1.82, 2.24) is 14.8 Å². The van der Waals surface area contributed by atoms with Crippen LogP contribution in [0.4, 0.5) is 8.78 Å². The topological polar surface area (TPSA) is 43.1 Å². The van der Waals surface area contributed by atoms with Crippen LogP contribution in [0.1, 0.15) is 22.8 Å². The first-order valence-electron chi connectivity index (χ1n) is 7.38. The number of nitrogens with zero attached hydrogens (tertiary/aromatic N) is 4. The summed E-state index contributed by atoms with van der Waals surface area (Å²) in [4.78, 5) is 4.40. The molecule has 4 nitrogen and oxygen atoms in total. The predicted molar refractivity (Wildman–Crippen MR) is 91.6 cm³/mol. The van der Waals surface area contributed by atoms with Crippen LogP contribution < -0.4 is 0 Å². The third-order valence-corrected chi connectivity index (χ3v) is 4.42. The van der Waals surface area contributed by atoms with Crippen LogP contribution >= 0.6 is 23.2 Å². The molecule has 0 spiro atoms. The highest BCUT2D eigenvalue weighted by molar-refractivity contribution is 6.31. The molecule has 1 aliphatic rings. The van der Waals surface area contributed by atoms with Crippen LogP contribution in [0.5, 0.6) is 0 Å². The summed E-state index contributed by atoms with van der Waals surface area (Å²) in [5, 5.41) is 8.55. The number of benzene rings is 2. The summed E-state index contributed by atoms with van der Waals surface area (Å²) in [5.74, 6) is -0.199. The summed E-state index contributed by atoms with van der Waals surface area (Å²) in [5.41, 5.74) is 1.09. The highest BCUT2D eigenvalue weighted by atomic mass is 35.5. The average Bonchev–Trinajstić information content (AvgIpc) is 2.93. The van der Waals surface area contributed by atoms with E-state index >= 15 is 0 Å². The second-order valence-corrected chi connectivity index (χ2v) is 6.13. The second-order valence-electron chi connectivity index (χ2n) is 5.42. The quantitative estimate of drug-likeness (QED) is 0.624. The number of aromatic nitrogens is 3. The molecule has 0 saturated carbocycles. The van der Waals surface area contributed by atoms with E-state index in [-0.39, 0.29) is 23.7 Å². The molecule has 126 valence electrons. The predicted octanol–water partition coefficient (Wildman–Crippen LogP) is 4.29. The van der Waals surface area contributed by atoms with Crippen molar-refractivity contribution in [2.24, 2.45) is 4.99 Å². The first-order chi connectivity index (χ1) is 12.1. The summed E-state index contributed by atoms with van der Waals surface area (Å²) in [7, 11) is 0. The van der Waals surface area contributed by atoms with Gasteiger partial charge in [-0.3, -0.25) is 9.56 Å². The largest absolute Gasteiger partial charge is 0.280 e. The van der Waals surface area contributed by atoms with E-state index in [1.165, 1.54) is 18.2 Å². The number of rotatable bonds is 2. The number of hydrogen-bond donors (Lipinski definition) is 0. The monoisotopic (exact) mass is 378 g/mol. The molecule has 0 unspecified atom stereocenters. The molecule has 0 N–H and O–H groups in total. The second kappa shape index (κ2) is 6.20. The molecule has 1 aliphatic heterocycles. The number of alkyl halides is 1. The van der Waals surface area contributed by atoms with E-state index in [9.17, 15) is 8.78 Å². The number of halogens is 4. The number of fused-ring (bicyclic) bond motifs is 3. The molecule has 8 heteroatoms. The van der Waals surface area contributed by atoms with Gasteiger partial charge in [0, 0.05) is 10.6 Å². The van der Waals surface area contributed by atoms with Crippen LogP contribution in [0.25, 0.3) is 5.69 Å². The summed E-state index contributed by atoms with van der Waals surface area (Å²) in [6.45, 7) is 0.110. The van der Waals surface area contributed by atoms with Gasteiger partial charge in [0.05, 0.1) is 22.8 Å². The van der Waals surface area contributed by atoms with E-state index in [1.54, 1.807) is 22.8 Å². The van der Waals surface area contributed by atoms with Gasteiger partial charge in [-0.2, -0.15) is 0 Å². The normalized spacial score (nSPS) is 13.0. The smallest absolute Gasteiger partial charge is 0.159 e. The fourth-order valence-corrected chi connectivity index (χ4v) is 3.23. The summed E-state index contributed by atoms with van der Waals surface area (Å²) in [6, 6.07) is 8.74. The molecule has 4 rings (SSSR count). The number of aliphatic imine (C=N–C) groups is 1. The minimum absolute atomic E-state index is 0.110. The molecular formula is C17H10Cl2F2N4. The maximum atomic E-state index is 14.4. The Morgan fingerprint density at radius 2 is 1.84 bits per heavy atom. The minimum Gasteiger partial charge on any atom is -0.280 e. The molecule has 0 atom stereocenters. The molecule has 0 aliphatic carbocycles. The maximum Gasteiger partial charge on any atom is 0.159 e. The van der Waals surface area contributed by atoms with Gasteiger partial charge in [0.2, 0.25) is 0 Å². The first kappa shape index (κ1) is 16.2. The Balaban J connectivity index is 2.03. The van der Waals surface area contributed by atoms with Gasteiger partial charge in [0.15, 0.2) is 11.6 Å². The van der Waals surface area contributed by atoms with Gasteiger partial charge < -0.3 is 0 Å². The molecule has 25 heavy (non-hydrogen) atoms. The lowest BCUT2D eigenvalue weighted by atomic mass is 9.99. The number of hydrogen-bond acceptors (Lipinski definition) is 3. The highest BCUT2D eigenvalue weighted by Gasteiger charge is 2.26. The molecule has 2 aromatic carbocycles.